The van der Waals surface area contributed by atoms with Crippen LogP contribution in [0.15, 0.2) is 30.5 Å². The molecular weight excluding hydrogens is 468 g/mol. The third-order valence-electron chi connectivity index (χ3n) is 5.69. The molecule has 1 fully saturated rings. The third-order valence-corrected chi connectivity index (χ3v) is 5.93. The lowest BCUT2D eigenvalue weighted by Crippen LogP contribution is -2.37. The monoisotopic (exact) mass is 500 g/mol. The fourth-order valence-corrected chi connectivity index (χ4v) is 3.98. The van der Waals surface area contributed by atoms with Gasteiger partial charge in [-0.3, -0.25) is 4.98 Å². The second-order valence-corrected chi connectivity index (χ2v) is 8.76. The van der Waals surface area contributed by atoms with Crippen molar-refractivity contribution in [1.82, 2.24) is 19.9 Å². The zero-order valence-corrected chi connectivity index (χ0v) is 20.6. The van der Waals surface area contributed by atoms with Crippen LogP contribution >= 0.6 is 11.6 Å². The maximum Gasteiger partial charge on any atom is 0.232 e. The molecule has 1 aromatic carbocycles. The van der Waals surface area contributed by atoms with Crippen LogP contribution in [0, 0.1) is 0 Å². The predicted molar refractivity (Wildman–Crippen MR) is 141 cm³/mol. The number of halogens is 1. The summed E-state index contributed by atoms with van der Waals surface area (Å²) in [6.45, 7) is 5.34. The normalized spacial score (nSPS) is 13.7. The molecule has 0 unspecified atom stereocenters. The fraction of sp³-hybridized carbons (Fsp3) is 0.500. The van der Waals surface area contributed by atoms with Crippen LogP contribution in [0.25, 0.3) is 10.9 Å². The average Bonchev–Trinajstić information content (AvgIpc) is 2.89. The van der Waals surface area contributed by atoms with Gasteiger partial charge >= 0.3 is 0 Å². The van der Waals surface area contributed by atoms with Gasteiger partial charge in [0.15, 0.2) is 0 Å². The first kappa shape index (κ1) is 25.2. The van der Waals surface area contributed by atoms with E-state index in [1.54, 1.807) is 6.20 Å². The Morgan fingerprint density at radius 1 is 0.886 bits per heavy atom. The van der Waals surface area contributed by atoms with Crippen LogP contribution in [0.1, 0.15) is 25.7 Å². The number of pyridine rings is 1. The minimum atomic E-state index is 0.186. The minimum Gasteiger partial charge on any atom is -0.396 e. The van der Waals surface area contributed by atoms with Gasteiger partial charge in [-0.25, -0.2) is 0 Å². The number of benzene rings is 1. The van der Waals surface area contributed by atoms with E-state index < -0.39 is 0 Å². The first-order chi connectivity index (χ1) is 17.2. The number of unbranched alkanes of at least 4 members (excludes halogenated alkanes) is 2. The molecule has 4 rings (SSSR count). The van der Waals surface area contributed by atoms with Gasteiger partial charge in [0, 0.05) is 61.6 Å². The van der Waals surface area contributed by atoms with Crippen LogP contribution < -0.4 is 20.9 Å². The molecule has 3 aromatic rings. The topological polar surface area (TPSA) is 120 Å². The van der Waals surface area contributed by atoms with E-state index in [1.807, 2.05) is 24.3 Å². The molecule has 0 amide bonds. The maximum atomic E-state index is 8.99. The summed E-state index contributed by atoms with van der Waals surface area (Å²) >= 11 is 6.08. The molecule has 0 aliphatic carbocycles. The number of fused-ring (bicyclic) bond motifs is 1. The van der Waals surface area contributed by atoms with Crippen molar-refractivity contribution in [2.75, 3.05) is 73.4 Å². The molecule has 3 heterocycles. The van der Waals surface area contributed by atoms with Crippen LogP contribution in [0.3, 0.4) is 0 Å². The van der Waals surface area contributed by atoms with E-state index in [0.29, 0.717) is 42.6 Å². The Bertz CT molecular complexity index is 1080. The van der Waals surface area contributed by atoms with Crippen molar-refractivity contribution >= 4 is 46.0 Å². The fourth-order valence-electron chi connectivity index (χ4n) is 3.81. The van der Waals surface area contributed by atoms with Gasteiger partial charge in [0.05, 0.1) is 18.7 Å². The number of aliphatic hydroxyl groups excluding tert-OH is 1. The molecule has 0 spiro atoms. The second-order valence-electron chi connectivity index (χ2n) is 8.32. The molecule has 0 radical (unpaired) electrons. The van der Waals surface area contributed by atoms with E-state index in [2.05, 4.69) is 40.8 Å². The van der Waals surface area contributed by atoms with Crippen LogP contribution in [0.4, 0.5) is 23.5 Å². The van der Waals surface area contributed by atoms with Gasteiger partial charge in [0.2, 0.25) is 17.8 Å². The summed E-state index contributed by atoms with van der Waals surface area (Å²) in [6, 6.07) is 7.75. The molecular formula is C24H33ClN8O2. The van der Waals surface area contributed by atoms with Crippen molar-refractivity contribution in [3.63, 3.8) is 0 Å². The minimum absolute atomic E-state index is 0.186. The molecule has 4 N–H and O–H groups in total. The number of hydrogen-bond donors (Lipinski definition) is 4. The van der Waals surface area contributed by atoms with E-state index in [-0.39, 0.29) is 6.61 Å². The second kappa shape index (κ2) is 13.2. The van der Waals surface area contributed by atoms with Gasteiger partial charge in [0.25, 0.3) is 0 Å². The van der Waals surface area contributed by atoms with Crippen molar-refractivity contribution in [2.45, 2.75) is 25.7 Å². The molecule has 35 heavy (non-hydrogen) atoms. The number of hydrogen-bond acceptors (Lipinski definition) is 10. The van der Waals surface area contributed by atoms with E-state index in [0.717, 1.165) is 68.5 Å². The Morgan fingerprint density at radius 2 is 1.57 bits per heavy atom. The summed E-state index contributed by atoms with van der Waals surface area (Å²) < 4.78 is 5.45. The standard InChI is InChI=1S/C24H33ClN8O2/c25-18-5-6-19-20(7-11-27-21(19)17-18)26-8-1-2-9-28-22-30-23(29-10-3-4-14-34)32-24(31-22)33-12-15-35-16-13-33/h5-7,11,17,34H,1-4,8-10,12-16H2,(H,26,27)(H2,28,29,30,31,32). The highest BCUT2D eigenvalue weighted by atomic mass is 35.5. The van der Waals surface area contributed by atoms with E-state index >= 15 is 0 Å². The zero-order chi connectivity index (χ0) is 24.3. The van der Waals surface area contributed by atoms with Gasteiger partial charge in [0.1, 0.15) is 0 Å². The van der Waals surface area contributed by atoms with E-state index in [4.69, 9.17) is 21.4 Å². The third kappa shape index (κ3) is 7.51. The SMILES string of the molecule is OCCCCNc1nc(NCCCCNc2ccnc3cc(Cl)ccc23)nc(N2CCOCC2)n1. The molecule has 11 heteroatoms. The number of aliphatic hydroxyl groups is 1. The summed E-state index contributed by atoms with van der Waals surface area (Å²) in [5, 5.41) is 20.8. The van der Waals surface area contributed by atoms with Gasteiger partial charge in [-0.05, 0) is 49.9 Å². The summed E-state index contributed by atoms with van der Waals surface area (Å²) in [4.78, 5) is 20.3. The highest BCUT2D eigenvalue weighted by Gasteiger charge is 2.16. The van der Waals surface area contributed by atoms with Gasteiger partial charge in [-0.15, -0.1) is 0 Å². The first-order valence-corrected chi connectivity index (χ1v) is 12.6. The van der Waals surface area contributed by atoms with Crippen molar-refractivity contribution in [3.05, 3.63) is 35.5 Å². The molecule has 188 valence electrons. The lowest BCUT2D eigenvalue weighted by Gasteiger charge is -2.27. The first-order valence-electron chi connectivity index (χ1n) is 12.2. The summed E-state index contributed by atoms with van der Waals surface area (Å²) in [7, 11) is 0. The Hall–Kier alpha value is -2.95. The molecule has 2 aromatic heterocycles. The van der Waals surface area contributed by atoms with Crippen molar-refractivity contribution in [3.8, 4) is 0 Å². The van der Waals surface area contributed by atoms with Crippen LogP contribution in [0.5, 0.6) is 0 Å². The highest BCUT2D eigenvalue weighted by Crippen LogP contribution is 2.24. The number of ether oxygens (including phenoxy) is 1. The average molecular weight is 501 g/mol. The lowest BCUT2D eigenvalue weighted by atomic mass is 10.2. The van der Waals surface area contributed by atoms with Crippen LogP contribution in [0.2, 0.25) is 5.02 Å². The summed E-state index contributed by atoms with van der Waals surface area (Å²) in [5.74, 6) is 1.77. The van der Waals surface area contributed by atoms with Crippen molar-refractivity contribution < 1.29 is 9.84 Å². The number of nitrogens with zero attached hydrogens (tertiary/aromatic N) is 5. The zero-order valence-electron chi connectivity index (χ0n) is 19.8. The van der Waals surface area contributed by atoms with E-state index in [9.17, 15) is 0 Å². The van der Waals surface area contributed by atoms with Gasteiger partial charge in [-0.2, -0.15) is 15.0 Å². The highest BCUT2D eigenvalue weighted by molar-refractivity contribution is 6.31. The van der Waals surface area contributed by atoms with Crippen molar-refractivity contribution in [2.24, 2.45) is 0 Å². The number of anilines is 4. The smallest absolute Gasteiger partial charge is 0.232 e. The van der Waals surface area contributed by atoms with Crippen LogP contribution in [-0.4, -0.2) is 77.6 Å². The number of rotatable bonds is 13. The van der Waals surface area contributed by atoms with Gasteiger partial charge < -0.3 is 30.7 Å². The molecule has 0 saturated carbocycles. The maximum absolute atomic E-state index is 8.99. The Morgan fingerprint density at radius 3 is 2.29 bits per heavy atom. The molecule has 0 bridgehead atoms. The lowest BCUT2D eigenvalue weighted by molar-refractivity contribution is 0.122. The molecule has 1 aliphatic rings. The number of aromatic nitrogens is 4. The molecule has 10 nitrogen and oxygen atoms in total. The summed E-state index contributed by atoms with van der Waals surface area (Å²) in [5.41, 5.74) is 1.94. The summed E-state index contributed by atoms with van der Waals surface area (Å²) in [6.07, 6.45) is 5.34. The Balaban J connectivity index is 1.28. The number of nitrogens with one attached hydrogen (secondary N) is 3. The Kier molecular flexibility index (Phi) is 9.50. The number of morpholine rings is 1. The quantitative estimate of drug-likeness (QED) is 0.260. The van der Waals surface area contributed by atoms with E-state index in [1.165, 1.54) is 0 Å². The predicted octanol–water partition coefficient (Wildman–Crippen LogP) is 3.40. The van der Waals surface area contributed by atoms with Crippen LogP contribution in [-0.2, 0) is 4.74 Å². The van der Waals surface area contributed by atoms with Crippen molar-refractivity contribution in [1.29, 1.82) is 0 Å². The molecule has 1 saturated heterocycles. The molecule has 0 atom stereocenters. The molecule has 1 aliphatic heterocycles. The van der Waals surface area contributed by atoms with Gasteiger partial charge in [-0.1, -0.05) is 11.6 Å². The largest absolute Gasteiger partial charge is 0.396 e. The Labute approximate surface area is 210 Å².